The minimum Gasteiger partial charge on any atom is -0.490 e. The maximum absolute atomic E-state index is 12.9. The minimum atomic E-state index is -3.89. The van der Waals surface area contributed by atoms with Crippen LogP contribution in [0.5, 0.6) is 5.75 Å². The van der Waals surface area contributed by atoms with Gasteiger partial charge in [0.05, 0.1) is 4.90 Å². The molecule has 8 heteroatoms. The molecule has 2 aromatic carbocycles. The Morgan fingerprint density at radius 2 is 1.65 bits per heavy atom. The minimum absolute atomic E-state index is 0.00283. The van der Waals surface area contributed by atoms with Crippen LogP contribution in [-0.2, 0) is 19.6 Å². The predicted molar refractivity (Wildman–Crippen MR) is 93.8 cm³/mol. The van der Waals surface area contributed by atoms with Crippen LogP contribution in [-0.4, -0.2) is 45.5 Å². The van der Waals surface area contributed by atoms with Gasteiger partial charge in [0.15, 0.2) is 0 Å². The Hall–Kier alpha value is -2.45. The van der Waals surface area contributed by atoms with Crippen molar-refractivity contribution in [1.29, 1.82) is 0 Å². The normalized spacial score (nSPS) is 11.4. The molecule has 6 nitrogen and oxygen atoms in total. The summed E-state index contributed by atoms with van der Waals surface area (Å²) in [5.74, 6) is -0.590. The summed E-state index contributed by atoms with van der Waals surface area (Å²) >= 11 is 0. The molecule has 0 aliphatic carbocycles. The lowest BCUT2D eigenvalue weighted by atomic mass is 10.2. The highest BCUT2D eigenvalue weighted by atomic mass is 32.2. The lowest BCUT2D eigenvalue weighted by Gasteiger charge is -2.16. The zero-order chi connectivity index (χ0) is 19.2. The van der Waals surface area contributed by atoms with Crippen LogP contribution in [0.25, 0.3) is 0 Å². The van der Waals surface area contributed by atoms with Crippen LogP contribution < -0.4 is 4.74 Å². The van der Waals surface area contributed by atoms with Crippen LogP contribution in [0.15, 0.2) is 53.4 Å². The third kappa shape index (κ3) is 5.53. The Morgan fingerprint density at radius 1 is 1.04 bits per heavy atom. The van der Waals surface area contributed by atoms with Gasteiger partial charge in [0.25, 0.3) is 0 Å². The molecular formula is C18H20FNO5S. The molecule has 140 valence electrons. The van der Waals surface area contributed by atoms with E-state index >= 15 is 0 Å². The Morgan fingerprint density at radius 3 is 2.27 bits per heavy atom. The SMILES string of the molecule is Cc1ccc(OCCOC(=O)CN(C)S(=O)(=O)c2ccc(F)cc2)cc1. The summed E-state index contributed by atoms with van der Waals surface area (Å²) in [6.07, 6.45) is 0. The molecule has 2 aromatic rings. The fourth-order valence-electron chi connectivity index (χ4n) is 2.05. The van der Waals surface area contributed by atoms with Crippen molar-refractivity contribution < 1.29 is 27.1 Å². The van der Waals surface area contributed by atoms with Gasteiger partial charge in [-0.25, -0.2) is 12.8 Å². The Kier molecular flexibility index (Phi) is 6.70. The fourth-order valence-corrected chi connectivity index (χ4v) is 3.16. The monoisotopic (exact) mass is 381 g/mol. The number of hydrogen-bond acceptors (Lipinski definition) is 5. The molecule has 0 aliphatic heterocycles. The first-order chi connectivity index (χ1) is 12.3. The molecule has 0 atom stereocenters. The number of likely N-dealkylation sites (N-methyl/N-ethyl adjacent to an activating group) is 1. The van der Waals surface area contributed by atoms with E-state index in [1.807, 2.05) is 19.1 Å². The average Bonchev–Trinajstić information content (AvgIpc) is 2.60. The van der Waals surface area contributed by atoms with E-state index in [1.54, 1.807) is 12.1 Å². The molecule has 0 saturated heterocycles. The van der Waals surface area contributed by atoms with Crippen molar-refractivity contribution in [2.45, 2.75) is 11.8 Å². The summed E-state index contributed by atoms with van der Waals surface area (Å²) in [6, 6.07) is 11.8. The lowest BCUT2D eigenvalue weighted by Crippen LogP contribution is -2.33. The van der Waals surface area contributed by atoms with E-state index in [-0.39, 0.29) is 18.1 Å². The van der Waals surface area contributed by atoms with Crippen molar-refractivity contribution in [2.24, 2.45) is 0 Å². The molecular weight excluding hydrogens is 361 g/mol. The van der Waals surface area contributed by atoms with Gasteiger partial charge in [0.1, 0.15) is 31.3 Å². The molecule has 0 amide bonds. The highest BCUT2D eigenvalue weighted by Crippen LogP contribution is 2.15. The summed E-state index contributed by atoms with van der Waals surface area (Å²) < 4.78 is 48.7. The third-order valence-electron chi connectivity index (χ3n) is 3.51. The Bertz CT molecular complexity index is 835. The molecule has 0 fully saturated rings. The van der Waals surface area contributed by atoms with Crippen LogP contribution in [0.4, 0.5) is 4.39 Å². The summed E-state index contributed by atoms with van der Waals surface area (Å²) in [7, 11) is -2.64. The predicted octanol–water partition coefficient (Wildman–Crippen LogP) is 2.38. The van der Waals surface area contributed by atoms with Gasteiger partial charge >= 0.3 is 5.97 Å². The highest BCUT2D eigenvalue weighted by Gasteiger charge is 2.23. The quantitative estimate of drug-likeness (QED) is 0.519. The number of carbonyl (C=O) groups excluding carboxylic acids is 1. The van der Waals surface area contributed by atoms with Crippen molar-refractivity contribution in [1.82, 2.24) is 4.31 Å². The standard InChI is InChI=1S/C18H20FNO5S/c1-14-3-7-16(8-4-14)24-11-12-25-18(21)13-20(2)26(22,23)17-9-5-15(19)6-10-17/h3-10H,11-13H2,1-2H3. The summed E-state index contributed by atoms with van der Waals surface area (Å²) in [5.41, 5.74) is 1.11. The van der Waals surface area contributed by atoms with Gasteiger partial charge in [-0.1, -0.05) is 17.7 Å². The molecule has 0 aliphatic rings. The smallest absolute Gasteiger partial charge is 0.321 e. The Labute approximate surface area is 152 Å². The molecule has 0 spiro atoms. The number of esters is 1. The largest absolute Gasteiger partial charge is 0.490 e. The summed E-state index contributed by atoms with van der Waals surface area (Å²) in [5, 5.41) is 0. The number of nitrogens with zero attached hydrogens (tertiary/aromatic N) is 1. The number of aryl methyl sites for hydroxylation is 1. The number of benzene rings is 2. The van der Waals surface area contributed by atoms with Crippen molar-refractivity contribution in [2.75, 3.05) is 26.8 Å². The average molecular weight is 381 g/mol. The van der Waals surface area contributed by atoms with Gasteiger partial charge in [-0.3, -0.25) is 4.79 Å². The van der Waals surface area contributed by atoms with E-state index < -0.39 is 28.4 Å². The maximum atomic E-state index is 12.9. The lowest BCUT2D eigenvalue weighted by molar-refractivity contribution is -0.144. The van der Waals surface area contributed by atoms with E-state index in [0.717, 1.165) is 34.1 Å². The van der Waals surface area contributed by atoms with Gasteiger partial charge in [-0.05, 0) is 43.3 Å². The van der Waals surface area contributed by atoms with E-state index in [1.165, 1.54) is 7.05 Å². The molecule has 0 saturated carbocycles. The van der Waals surface area contributed by atoms with Gasteiger partial charge in [-0.2, -0.15) is 4.31 Å². The van der Waals surface area contributed by atoms with E-state index in [9.17, 15) is 17.6 Å². The van der Waals surface area contributed by atoms with Gasteiger partial charge < -0.3 is 9.47 Å². The number of rotatable bonds is 8. The zero-order valence-corrected chi connectivity index (χ0v) is 15.3. The van der Waals surface area contributed by atoms with Crippen LogP contribution in [0, 0.1) is 12.7 Å². The summed E-state index contributed by atoms with van der Waals surface area (Å²) in [6.45, 7) is 1.66. The first-order valence-corrected chi connectivity index (χ1v) is 9.30. The van der Waals surface area contributed by atoms with E-state index in [4.69, 9.17) is 9.47 Å². The van der Waals surface area contributed by atoms with Crippen molar-refractivity contribution in [3.8, 4) is 5.75 Å². The van der Waals surface area contributed by atoms with Crippen LogP contribution in [0.1, 0.15) is 5.56 Å². The fraction of sp³-hybridized carbons (Fsp3) is 0.278. The van der Waals surface area contributed by atoms with Gasteiger partial charge in [-0.15, -0.1) is 0 Å². The number of sulfonamides is 1. The van der Waals surface area contributed by atoms with Crippen molar-refractivity contribution in [3.05, 3.63) is 59.9 Å². The molecule has 0 N–H and O–H groups in total. The zero-order valence-electron chi connectivity index (χ0n) is 14.5. The number of hydrogen-bond donors (Lipinski definition) is 0. The second-order valence-electron chi connectivity index (χ2n) is 5.60. The molecule has 0 unspecified atom stereocenters. The van der Waals surface area contributed by atoms with Crippen LogP contribution in [0.3, 0.4) is 0 Å². The molecule has 0 radical (unpaired) electrons. The van der Waals surface area contributed by atoms with Gasteiger partial charge in [0.2, 0.25) is 10.0 Å². The molecule has 0 aromatic heterocycles. The Balaban J connectivity index is 1.79. The van der Waals surface area contributed by atoms with Crippen molar-refractivity contribution in [3.63, 3.8) is 0 Å². The second-order valence-corrected chi connectivity index (χ2v) is 7.64. The highest BCUT2D eigenvalue weighted by molar-refractivity contribution is 7.89. The van der Waals surface area contributed by atoms with E-state index in [2.05, 4.69) is 0 Å². The number of ether oxygens (including phenoxy) is 2. The second kappa shape index (κ2) is 8.77. The summed E-state index contributed by atoms with van der Waals surface area (Å²) in [4.78, 5) is 11.7. The first kappa shape index (κ1) is 19.9. The van der Waals surface area contributed by atoms with Crippen molar-refractivity contribution >= 4 is 16.0 Å². The maximum Gasteiger partial charge on any atom is 0.321 e. The molecule has 0 heterocycles. The molecule has 2 rings (SSSR count). The molecule has 0 bridgehead atoms. The number of halogens is 1. The van der Waals surface area contributed by atoms with Crippen LogP contribution in [0.2, 0.25) is 0 Å². The van der Waals surface area contributed by atoms with Crippen LogP contribution >= 0.6 is 0 Å². The topological polar surface area (TPSA) is 72.9 Å². The van der Waals surface area contributed by atoms with E-state index in [0.29, 0.717) is 5.75 Å². The molecule has 26 heavy (non-hydrogen) atoms. The van der Waals surface area contributed by atoms with Gasteiger partial charge in [0, 0.05) is 7.05 Å². The number of carbonyl (C=O) groups is 1. The third-order valence-corrected chi connectivity index (χ3v) is 5.33. The first-order valence-electron chi connectivity index (χ1n) is 7.86.